The third kappa shape index (κ3) is 3.76. The van der Waals surface area contributed by atoms with Gasteiger partial charge in [-0.1, -0.05) is 41.4 Å². The molecule has 4 nitrogen and oxygen atoms in total. The first-order valence-electron chi connectivity index (χ1n) is 7.45. The van der Waals surface area contributed by atoms with Gasteiger partial charge in [-0.15, -0.1) is 0 Å². The Balaban J connectivity index is 1.62. The molecular weight excluding hydrogens is 331 g/mol. The SMILES string of the molecule is N#Cc1cccc(N2CCN(Cc3cccc(Cl)c3Cl)CC2)n1. The highest BCUT2D eigenvalue weighted by Gasteiger charge is 2.19. The fourth-order valence-electron chi connectivity index (χ4n) is 2.71. The summed E-state index contributed by atoms with van der Waals surface area (Å²) in [7, 11) is 0. The van der Waals surface area contributed by atoms with E-state index in [1.54, 1.807) is 12.1 Å². The maximum atomic E-state index is 8.95. The van der Waals surface area contributed by atoms with E-state index in [0.717, 1.165) is 44.1 Å². The number of rotatable bonds is 3. The molecule has 2 heterocycles. The summed E-state index contributed by atoms with van der Waals surface area (Å²) in [5.41, 5.74) is 1.51. The molecule has 0 saturated carbocycles. The molecule has 1 fully saturated rings. The Morgan fingerprint density at radius 3 is 2.52 bits per heavy atom. The van der Waals surface area contributed by atoms with Crippen LogP contribution in [0.15, 0.2) is 36.4 Å². The summed E-state index contributed by atoms with van der Waals surface area (Å²) in [6, 6.07) is 13.4. The number of halogens is 2. The molecule has 0 radical (unpaired) electrons. The Kier molecular flexibility index (Phi) is 5.02. The van der Waals surface area contributed by atoms with Crippen LogP contribution in [0.1, 0.15) is 11.3 Å². The predicted molar refractivity (Wildman–Crippen MR) is 92.9 cm³/mol. The zero-order chi connectivity index (χ0) is 16.2. The van der Waals surface area contributed by atoms with E-state index in [2.05, 4.69) is 20.9 Å². The Morgan fingerprint density at radius 1 is 1.04 bits per heavy atom. The van der Waals surface area contributed by atoms with Gasteiger partial charge in [-0.25, -0.2) is 4.98 Å². The second kappa shape index (κ2) is 7.18. The number of piperazine rings is 1. The van der Waals surface area contributed by atoms with Crippen LogP contribution in [0.2, 0.25) is 10.0 Å². The van der Waals surface area contributed by atoms with Crippen molar-refractivity contribution in [2.75, 3.05) is 31.1 Å². The standard InChI is InChI=1S/C17H16Cl2N4/c18-15-5-1-3-13(17(15)19)12-22-7-9-23(10-8-22)16-6-2-4-14(11-20)21-16/h1-6H,7-10,12H2. The average molecular weight is 347 g/mol. The normalized spacial score (nSPS) is 15.4. The van der Waals surface area contributed by atoms with Gasteiger partial charge in [-0.3, -0.25) is 4.90 Å². The first-order valence-corrected chi connectivity index (χ1v) is 8.20. The van der Waals surface area contributed by atoms with E-state index in [4.69, 9.17) is 28.5 Å². The molecule has 1 aliphatic heterocycles. The first kappa shape index (κ1) is 16.1. The molecule has 1 aliphatic rings. The lowest BCUT2D eigenvalue weighted by Gasteiger charge is -2.35. The van der Waals surface area contributed by atoms with Crippen molar-refractivity contribution in [3.8, 4) is 6.07 Å². The van der Waals surface area contributed by atoms with E-state index in [1.165, 1.54) is 0 Å². The van der Waals surface area contributed by atoms with Crippen LogP contribution in [0, 0.1) is 11.3 Å². The summed E-state index contributed by atoms with van der Waals surface area (Å²) in [6.07, 6.45) is 0. The fourth-order valence-corrected chi connectivity index (χ4v) is 3.09. The number of benzene rings is 1. The van der Waals surface area contributed by atoms with Crippen LogP contribution >= 0.6 is 23.2 Å². The third-order valence-corrected chi connectivity index (χ3v) is 4.83. The molecule has 1 aromatic heterocycles. The summed E-state index contributed by atoms with van der Waals surface area (Å²) in [5, 5.41) is 10.2. The van der Waals surface area contributed by atoms with Crippen molar-refractivity contribution >= 4 is 29.0 Å². The van der Waals surface area contributed by atoms with Gasteiger partial charge in [0, 0.05) is 32.7 Å². The van der Waals surface area contributed by atoms with E-state index in [9.17, 15) is 0 Å². The van der Waals surface area contributed by atoms with Crippen molar-refractivity contribution in [2.45, 2.75) is 6.54 Å². The zero-order valence-corrected chi connectivity index (χ0v) is 14.1. The average Bonchev–Trinajstić information content (AvgIpc) is 2.60. The Labute approximate surface area is 145 Å². The second-order valence-corrected chi connectivity index (χ2v) is 6.25. The van der Waals surface area contributed by atoms with Crippen LogP contribution in [-0.4, -0.2) is 36.1 Å². The van der Waals surface area contributed by atoms with Gasteiger partial charge in [-0.2, -0.15) is 5.26 Å². The summed E-state index contributed by atoms with van der Waals surface area (Å²) < 4.78 is 0. The maximum absolute atomic E-state index is 8.95. The number of hydrogen-bond donors (Lipinski definition) is 0. The number of pyridine rings is 1. The van der Waals surface area contributed by atoms with Crippen LogP contribution in [0.5, 0.6) is 0 Å². The van der Waals surface area contributed by atoms with Crippen LogP contribution < -0.4 is 4.90 Å². The molecular formula is C17H16Cl2N4. The van der Waals surface area contributed by atoms with Crippen LogP contribution in [0.4, 0.5) is 5.82 Å². The molecule has 6 heteroatoms. The molecule has 0 N–H and O–H groups in total. The van der Waals surface area contributed by atoms with Crippen LogP contribution in [0.3, 0.4) is 0 Å². The number of nitrogens with zero attached hydrogens (tertiary/aromatic N) is 4. The van der Waals surface area contributed by atoms with Gasteiger partial charge in [0.2, 0.25) is 0 Å². The Bertz CT molecular complexity index is 734. The molecule has 0 spiro atoms. The van der Waals surface area contributed by atoms with Gasteiger partial charge < -0.3 is 4.90 Å². The minimum atomic E-state index is 0.454. The van der Waals surface area contributed by atoms with Gasteiger partial charge in [0.25, 0.3) is 0 Å². The van der Waals surface area contributed by atoms with E-state index in [-0.39, 0.29) is 0 Å². The highest BCUT2D eigenvalue weighted by atomic mass is 35.5. The molecule has 2 aromatic rings. The maximum Gasteiger partial charge on any atom is 0.142 e. The Hall–Kier alpha value is -1.80. The molecule has 0 aliphatic carbocycles. The fraction of sp³-hybridized carbons (Fsp3) is 0.294. The smallest absolute Gasteiger partial charge is 0.142 e. The van der Waals surface area contributed by atoms with Gasteiger partial charge in [0.1, 0.15) is 17.6 Å². The molecule has 0 amide bonds. The molecule has 0 atom stereocenters. The van der Waals surface area contributed by atoms with Crippen molar-refractivity contribution < 1.29 is 0 Å². The topological polar surface area (TPSA) is 43.2 Å². The van der Waals surface area contributed by atoms with E-state index in [1.807, 2.05) is 24.3 Å². The van der Waals surface area contributed by atoms with Crippen molar-refractivity contribution in [3.63, 3.8) is 0 Å². The van der Waals surface area contributed by atoms with Gasteiger partial charge in [-0.05, 0) is 23.8 Å². The molecule has 3 rings (SSSR count). The minimum Gasteiger partial charge on any atom is -0.354 e. The van der Waals surface area contributed by atoms with Gasteiger partial charge in [0.15, 0.2) is 0 Å². The lowest BCUT2D eigenvalue weighted by atomic mass is 10.2. The monoisotopic (exact) mass is 346 g/mol. The highest BCUT2D eigenvalue weighted by molar-refractivity contribution is 6.42. The first-order chi connectivity index (χ1) is 11.2. The molecule has 0 bridgehead atoms. The van der Waals surface area contributed by atoms with Crippen molar-refractivity contribution in [1.82, 2.24) is 9.88 Å². The van der Waals surface area contributed by atoms with Gasteiger partial charge >= 0.3 is 0 Å². The summed E-state index contributed by atoms with van der Waals surface area (Å²) in [4.78, 5) is 8.91. The van der Waals surface area contributed by atoms with Gasteiger partial charge in [0.05, 0.1) is 10.0 Å². The van der Waals surface area contributed by atoms with E-state index in [0.29, 0.717) is 15.7 Å². The Morgan fingerprint density at radius 2 is 1.78 bits per heavy atom. The largest absolute Gasteiger partial charge is 0.354 e. The van der Waals surface area contributed by atoms with Crippen LogP contribution in [-0.2, 0) is 6.54 Å². The minimum absolute atomic E-state index is 0.454. The molecule has 23 heavy (non-hydrogen) atoms. The second-order valence-electron chi connectivity index (χ2n) is 5.47. The van der Waals surface area contributed by atoms with E-state index < -0.39 is 0 Å². The predicted octanol–water partition coefficient (Wildman–Crippen LogP) is 3.58. The third-order valence-electron chi connectivity index (χ3n) is 3.97. The van der Waals surface area contributed by atoms with Crippen molar-refractivity contribution in [2.24, 2.45) is 0 Å². The van der Waals surface area contributed by atoms with Crippen molar-refractivity contribution in [1.29, 1.82) is 5.26 Å². The van der Waals surface area contributed by atoms with E-state index >= 15 is 0 Å². The number of hydrogen-bond acceptors (Lipinski definition) is 4. The summed E-state index contributed by atoms with van der Waals surface area (Å²) in [5.74, 6) is 0.865. The zero-order valence-electron chi connectivity index (χ0n) is 12.5. The quantitative estimate of drug-likeness (QED) is 0.851. The summed E-state index contributed by atoms with van der Waals surface area (Å²) in [6.45, 7) is 4.38. The lowest BCUT2D eigenvalue weighted by molar-refractivity contribution is 0.249. The lowest BCUT2D eigenvalue weighted by Crippen LogP contribution is -2.46. The summed E-state index contributed by atoms with van der Waals surface area (Å²) >= 11 is 12.3. The van der Waals surface area contributed by atoms with Crippen LogP contribution in [0.25, 0.3) is 0 Å². The highest BCUT2D eigenvalue weighted by Crippen LogP contribution is 2.27. The molecule has 118 valence electrons. The number of nitriles is 1. The molecule has 1 aromatic carbocycles. The number of aromatic nitrogens is 1. The number of anilines is 1. The molecule has 1 saturated heterocycles. The molecule has 0 unspecified atom stereocenters. The van der Waals surface area contributed by atoms with Crippen molar-refractivity contribution in [3.05, 3.63) is 57.7 Å².